The number of benzene rings is 2. The van der Waals surface area contributed by atoms with Gasteiger partial charge in [-0.25, -0.2) is 0 Å². The number of nitro groups is 1. The van der Waals surface area contributed by atoms with Gasteiger partial charge in [0.1, 0.15) is 0 Å². The van der Waals surface area contributed by atoms with Gasteiger partial charge in [-0.2, -0.15) is 0 Å². The van der Waals surface area contributed by atoms with E-state index in [9.17, 15) is 10.1 Å². The minimum absolute atomic E-state index is 0.00602. The molecular formula is C14H12ClIN2O2. The highest BCUT2D eigenvalue weighted by molar-refractivity contribution is 14.1. The van der Waals surface area contributed by atoms with E-state index in [2.05, 4.69) is 27.9 Å². The van der Waals surface area contributed by atoms with Crippen LogP contribution in [0.2, 0.25) is 5.02 Å². The minimum atomic E-state index is -0.433. The van der Waals surface area contributed by atoms with E-state index in [0.717, 1.165) is 9.13 Å². The molecule has 0 saturated heterocycles. The molecule has 2 aromatic rings. The van der Waals surface area contributed by atoms with E-state index >= 15 is 0 Å². The molecule has 0 aromatic heterocycles. The van der Waals surface area contributed by atoms with Crippen molar-refractivity contribution in [1.82, 2.24) is 0 Å². The predicted octanol–water partition coefficient (Wildman–Crippen LogP) is 5.03. The summed E-state index contributed by atoms with van der Waals surface area (Å²) in [6, 6.07) is 12.4. The van der Waals surface area contributed by atoms with Crippen LogP contribution in [0.5, 0.6) is 0 Å². The zero-order chi connectivity index (χ0) is 14.7. The molecular weight excluding hydrogens is 391 g/mol. The van der Waals surface area contributed by atoms with Gasteiger partial charge in [0.25, 0.3) is 5.69 Å². The van der Waals surface area contributed by atoms with Gasteiger partial charge in [-0.15, -0.1) is 0 Å². The minimum Gasteiger partial charge on any atom is -0.377 e. The van der Waals surface area contributed by atoms with Crippen LogP contribution in [0.25, 0.3) is 0 Å². The molecule has 1 unspecified atom stereocenters. The Labute approximate surface area is 135 Å². The molecule has 0 aliphatic rings. The van der Waals surface area contributed by atoms with Crippen molar-refractivity contribution in [3.8, 4) is 0 Å². The fourth-order valence-electron chi connectivity index (χ4n) is 1.81. The van der Waals surface area contributed by atoms with Crippen molar-refractivity contribution in [2.45, 2.75) is 13.0 Å². The number of rotatable bonds is 4. The maximum atomic E-state index is 10.8. The maximum absolute atomic E-state index is 10.8. The molecule has 0 bridgehead atoms. The Morgan fingerprint density at radius 2 is 1.90 bits per heavy atom. The Morgan fingerprint density at radius 1 is 1.25 bits per heavy atom. The number of hydrogen-bond acceptors (Lipinski definition) is 3. The molecule has 0 fully saturated rings. The highest BCUT2D eigenvalue weighted by Gasteiger charge is 2.12. The van der Waals surface area contributed by atoms with Crippen LogP contribution in [0, 0.1) is 13.7 Å². The summed E-state index contributed by atoms with van der Waals surface area (Å²) in [5.41, 5.74) is 1.67. The first-order valence-corrected chi connectivity index (χ1v) is 7.39. The van der Waals surface area contributed by atoms with E-state index in [-0.39, 0.29) is 11.7 Å². The largest absolute Gasteiger partial charge is 0.377 e. The molecule has 1 N–H and O–H groups in total. The van der Waals surface area contributed by atoms with Gasteiger partial charge in [0.2, 0.25) is 0 Å². The maximum Gasteiger partial charge on any atom is 0.271 e. The van der Waals surface area contributed by atoms with Crippen molar-refractivity contribution in [3.63, 3.8) is 0 Å². The summed E-state index contributed by atoms with van der Waals surface area (Å²) < 4.78 is 1.16. The first kappa shape index (κ1) is 15.1. The molecule has 0 radical (unpaired) electrons. The Morgan fingerprint density at radius 3 is 2.50 bits per heavy atom. The van der Waals surface area contributed by atoms with Crippen molar-refractivity contribution in [3.05, 3.63) is 66.7 Å². The van der Waals surface area contributed by atoms with E-state index in [1.807, 2.05) is 31.2 Å². The van der Waals surface area contributed by atoms with Crippen molar-refractivity contribution in [2.24, 2.45) is 0 Å². The van der Waals surface area contributed by atoms with E-state index in [0.29, 0.717) is 10.7 Å². The predicted molar refractivity (Wildman–Crippen MR) is 89.3 cm³/mol. The molecule has 1 atom stereocenters. The third-order valence-electron chi connectivity index (χ3n) is 2.90. The lowest BCUT2D eigenvalue weighted by Crippen LogP contribution is -2.07. The van der Waals surface area contributed by atoms with Crippen molar-refractivity contribution in [2.75, 3.05) is 5.32 Å². The van der Waals surface area contributed by atoms with E-state index in [1.165, 1.54) is 18.2 Å². The molecule has 6 heteroatoms. The van der Waals surface area contributed by atoms with Crippen LogP contribution in [0.15, 0.2) is 42.5 Å². The Bertz CT molecular complexity index is 632. The molecule has 0 heterocycles. The number of anilines is 1. The number of nitrogens with one attached hydrogen (secondary N) is 1. The number of hydrogen-bond donors (Lipinski definition) is 1. The third kappa shape index (κ3) is 3.61. The van der Waals surface area contributed by atoms with Gasteiger partial charge in [0.15, 0.2) is 0 Å². The monoisotopic (exact) mass is 402 g/mol. The fraction of sp³-hybridized carbons (Fsp3) is 0.143. The topological polar surface area (TPSA) is 55.2 Å². The van der Waals surface area contributed by atoms with Gasteiger partial charge in [-0.1, -0.05) is 23.7 Å². The lowest BCUT2D eigenvalue weighted by atomic mass is 10.1. The average molecular weight is 403 g/mol. The van der Waals surface area contributed by atoms with Crippen molar-refractivity contribution >= 4 is 45.6 Å². The van der Waals surface area contributed by atoms with Crippen LogP contribution in [0.3, 0.4) is 0 Å². The van der Waals surface area contributed by atoms with E-state index < -0.39 is 4.92 Å². The van der Waals surface area contributed by atoms with Crippen LogP contribution in [-0.2, 0) is 0 Å². The Hall–Kier alpha value is -1.34. The molecule has 0 aliphatic carbocycles. The van der Waals surface area contributed by atoms with Gasteiger partial charge in [0, 0.05) is 21.7 Å². The van der Waals surface area contributed by atoms with Crippen LogP contribution in [-0.4, -0.2) is 4.92 Å². The van der Waals surface area contributed by atoms with Crippen molar-refractivity contribution < 1.29 is 4.92 Å². The molecule has 20 heavy (non-hydrogen) atoms. The smallest absolute Gasteiger partial charge is 0.271 e. The first-order chi connectivity index (χ1) is 9.47. The summed E-state index contributed by atoms with van der Waals surface area (Å²) in [4.78, 5) is 10.4. The standard InChI is InChI=1S/C14H12ClIN2O2/c1-9(10-2-4-11(16)5-3-10)17-14-8-12(18(19)20)6-7-13(14)15/h2-9,17H,1H3. The molecule has 2 rings (SSSR count). The summed E-state index contributed by atoms with van der Waals surface area (Å²) in [5.74, 6) is 0. The summed E-state index contributed by atoms with van der Waals surface area (Å²) >= 11 is 8.32. The van der Waals surface area contributed by atoms with Crippen molar-refractivity contribution in [1.29, 1.82) is 0 Å². The zero-order valence-electron chi connectivity index (χ0n) is 10.6. The summed E-state index contributed by atoms with van der Waals surface area (Å²) in [5, 5.41) is 14.5. The second-order valence-electron chi connectivity index (χ2n) is 4.34. The second kappa shape index (κ2) is 6.41. The summed E-state index contributed by atoms with van der Waals surface area (Å²) in [7, 11) is 0. The Balaban J connectivity index is 2.22. The molecule has 0 saturated carbocycles. The molecule has 0 spiro atoms. The van der Waals surface area contributed by atoms with Gasteiger partial charge >= 0.3 is 0 Å². The summed E-state index contributed by atoms with van der Waals surface area (Å²) in [6.07, 6.45) is 0. The van der Waals surface area contributed by atoms with Gasteiger partial charge in [0.05, 0.1) is 15.6 Å². The van der Waals surface area contributed by atoms with Crippen LogP contribution >= 0.6 is 34.2 Å². The highest BCUT2D eigenvalue weighted by atomic mass is 127. The quantitative estimate of drug-likeness (QED) is 0.443. The normalized spacial score (nSPS) is 11.9. The number of non-ortho nitro benzene ring substituents is 1. The van der Waals surface area contributed by atoms with Gasteiger partial charge in [-0.3, -0.25) is 10.1 Å². The molecule has 4 nitrogen and oxygen atoms in total. The molecule has 0 aliphatic heterocycles. The number of nitro benzene ring substituents is 1. The van der Waals surface area contributed by atoms with Gasteiger partial charge in [-0.05, 0) is 53.3 Å². The van der Waals surface area contributed by atoms with Crippen LogP contribution in [0.4, 0.5) is 11.4 Å². The molecule has 104 valence electrons. The Kier molecular flexibility index (Phi) is 4.82. The lowest BCUT2D eigenvalue weighted by Gasteiger charge is -2.16. The molecule has 0 amide bonds. The second-order valence-corrected chi connectivity index (χ2v) is 5.99. The van der Waals surface area contributed by atoms with E-state index in [4.69, 9.17) is 11.6 Å². The first-order valence-electron chi connectivity index (χ1n) is 5.93. The lowest BCUT2D eigenvalue weighted by molar-refractivity contribution is -0.384. The zero-order valence-corrected chi connectivity index (χ0v) is 13.6. The average Bonchev–Trinajstić information content (AvgIpc) is 2.41. The highest BCUT2D eigenvalue weighted by Crippen LogP contribution is 2.30. The van der Waals surface area contributed by atoms with Gasteiger partial charge < -0.3 is 5.32 Å². The molecule has 2 aromatic carbocycles. The fourth-order valence-corrected chi connectivity index (χ4v) is 2.34. The van der Waals surface area contributed by atoms with E-state index in [1.54, 1.807) is 0 Å². The third-order valence-corrected chi connectivity index (χ3v) is 3.95. The summed E-state index contributed by atoms with van der Waals surface area (Å²) in [6.45, 7) is 1.98. The number of nitrogens with zero attached hydrogens (tertiary/aromatic N) is 1. The number of halogens is 2. The SMILES string of the molecule is CC(Nc1cc([N+](=O)[O-])ccc1Cl)c1ccc(I)cc1. The van der Waals surface area contributed by atoms with Crippen LogP contribution in [0.1, 0.15) is 18.5 Å². The van der Waals surface area contributed by atoms with Crippen LogP contribution < -0.4 is 5.32 Å².